The molecule has 7 nitrogen and oxygen atoms in total. The second-order valence-electron chi connectivity index (χ2n) is 7.65. The van der Waals surface area contributed by atoms with Crippen LogP contribution in [0.2, 0.25) is 0 Å². The predicted octanol–water partition coefficient (Wildman–Crippen LogP) is 2.13. The van der Waals surface area contributed by atoms with Gasteiger partial charge in [-0.05, 0) is 30.3 Å². The number of hydrogen-bond acceptors (Lipinski definition) is 5. The molecule has 1 saturated heterocycles. The lowest BCUT2D eigenvalue weighted by atomic mass is 10.0. The van der Waals surface area contributed by atoms with E-state index in [9.17, 15) is 23.5 Å². The molecular weight excluding hydrogens is 430 g/mol. The van der Waals surface area contributed by atoms with Gasteiger partial charge in [-0.25, -0.2) is 18.7 Å². The molecule has 0 bridgehead atoms. The number of carbonyl (C=O) groups excluding carboxylic acids is 2. The van der Waals surface area contributed by atoms with E-state index in [0.717, 1.165) is 18.2 Å². The second kappa shape index (κ2) is 8.41. The van der Waals surface area contributed by atoms with Gasteiger partial charge in [0.25, 0.3) is 11.8 Å². The van der Waals surface area contributed by atoms with Gasteiger partial charge in [0, 0.05) is 42.8 Å². The first kappa shape index (κ1) is 22.0. The summed E-state index contributed by atoms with van der Waals surface area (Å²) in [5, 5.41) is 10.5. The van der Waals surface area contributed by atoms with Crippen LogP contribution in [-0.2, 0) is 4.79 Å². The molecule has 0 radical (unpaired) electrons. The van der Waals surface area contributed by atoms with Crippen LogP contribution in [0.1, 0.15) is 22.5 Å². The van der Waals surface area contributed by atoms with E-state index in [0.29, 0.717) is 17.7 Å². The molecule has 0 spiro atoms. The Morgan fingerprint density at radius 3 is 2.48 bits per heavy atom. The van der Waals surface area contributed by atoms with Crippen molar-refractivity contribution >= 4 is 11.8 Å². The van der Waals surface area contributed by atoms with E-state index in [1.807, 2.05) is 0 Å². The minimum Gasteiger partial charge on any atom is -0.369 e. The van der Waals surface area contributed by atoms with Crippen molar-refractivity contribution in [3.63, 3.8) is 0 Å². The summed E-state index contributed by atoms with van der Waals surface area (Å²) in [6.45, 7) is 0.404. The van der Waals surface area contributed by atoms with Crippen LogP contribution in [0.3, 0.4) is 0 Å². The minimum atomic E-state index is -1.75. The van der Waals surface area contributed by atoms with E-state index in [-0.39, 0.29) is 29.2 Å². The Morgan fingerprint density at radius 1 is 1.12 bits per heavy atom. The fourth-order valence-corrected chi connectivity index (χ4v) is 3.43. The molecule has 1 atom stereocenters. The molecule has 166 valence electrons. The smallest absolute Gasteiger partial charge is 0.267 e. The SMILES string of the molecule is CN1CC[C@@](O)(C#Cc2cccc(-c3nc(C(N)=O)cc(-c4cc(F)cc(F)c4)n3)c2)C1=O. The molecular formula is C24H18F2N4O3. The number of likely N-dealkylation sites (tertiary alicyclic amines) is 1. The Morgan fingerprint density at radius 2 is 1.85 bits per heavy atom. The van der Waals surface area contributed by atoms with Crippen molar-refractivity contribution in [3.05, 3.63) is 71.4 Å². The number of aliphatic hydroxyl groups is 1. The topological polar surface area (TPSA) is 109 Å². The predicted molar refractivity (Wildman–Crippen MR) is 115 cm³/mol. The van der Waals surface area contributed by atoms with Crippen LogP contribution < -0.4 is 5.73 Å². The average Bonchev–Trinajstić information content (AvgIpc) is 3.05. The van der Waals surface area contributed by atoms with Crippen molar-refractivity contribution < 1.29 is 23.5 Å². The lowest BCUT2D eigenvalue weighted by Crippen LogP contribution is -2.37. The van der Waals surface area contributed by atoms with Gasteiger partial charge < -0.3 is 15.7 Å². The molecule has 33 heavy (non-hydrogen) atoms. The molecule has 9 heteroatoms. The van der Waals surface area contributed by atoms with Crippen molar-refractivity contribution in [2.45, 2.75) is 12.0 Å². The van der Waals surface area contributed by atoms with Gasteiger partial charge in [0.1, 0.15) is 17.3 Å². The summed E-state index contributed by atoms with van der Waals surface area (Å²) in [5.74, 6) is 2.62. The van der Waals surface area contributed by atoms with Crippen LogP contribution in [0.4, 0.5) is 8.78 Å². The number of likely N-dealkylation sites (N-methyl/N-ethyl adjacent to an activating group) is 1. The summed E-state index contributed by atoms with van der Waals surface area (Å²) in [6, 6.07) is 10.7. The zero-order valence-corrected chi connectivity index (χ0v) is 17.5. The largest absolute Gasteiger partial charge is 0.369 e. The van der Waals surface area contributed by atoms with Crippen LogP contribution in [0.5, 0.6) is 0 Å². The molecule has 2 amide bonds. The third-order valence-electron chi connectivity index (χ3n) is 5.18. The lowest BCUT2D eigenvalue weighted by Gasteiger charge is -2.13. The van der Waals surface area contributed by atoms with Gasteiger partial charge in [-0.15, -0.1) is 0 Å². The third kappa shape index (κ3) is 4.56. The van der Waals surface area contributed by atoms with Crippen LogP contribution in [0.25, 0.3) is 22.6 Å². The molecule has 3 aromatic rings. The number of nitrogens with zero attached hydrogens (tertiary/aromatic N) is 3. The maximum Gasteiger partial charge on any atom is 0.267 e. The van der Waals surface area contributed by atoms with Crippen molar-refractivity contribution in [2.24, 2.45) is 5.73 Å². The molecule has 0 unspecified atom stereocenters. The van der Waals surface area contributed by atoms with E-state index in [4.69, 9.17) is 5.73 Å². The highest BCUT2D eigenvalue weighted by molar-refractivity contribution is 5.92. The van der Waals surface area contributed by atoms with E-state index >= 15 is 0 Å². The molecule has 1 fully saturated rings. The van der Waals surface area contributed by atoms with E-state index in [2.05, 4.69) is 21.8 Å². The molecule has 4 rings (SSSR count). The first-order chi connectivity index (χ1) is 15.6. The summed E-state index contributed by atoms with van der Waals surface area (Å²) in [5.41, 5.74) is 4.64. The number of amides is 2. The summed E-state index contributed by atoms with van der Waals surface area (Å²) in [7, 11) is 1.59. The first-order valence-corrected chi connectivity index (χ1v) is 9.91. The Hall–Kier alpha value is -4.16. The number of aromatic nitrogens is 2. The standard InChI is InChI=1S/C24H18F2N4O3/c1-30-8-7-24(33,23(30)32)6-5-14-3-2-4-15(9-14)22-28-19(13-20(29-22)21(27)31)16-10-17(25)12-18(26)11-16/h2-4,9-13,33H,7-8H2,1H3,(H2,27,31)/t24-/m0/s1. The van der Waals surface area contributed by atoms with Crippen molar-refractivity contribution in [3.8, 4) is 34.5 Å². The van der Waals surface area contributed by atoms with E-state index in [1.165, 1.54) is 11.0 Å². The summed E-state index contributed by atoms with van der Waals surface area (Å²) in [6.07, 6.45) is 0.201. The first-order valence-electron chi connectivity index (χ1n) is 9.91. The Balaban J connectivity index is 1.76. The quantitative estimate of drug-likeness (QED) is 0.597. The van der Waals surface area contributed by atoms with Gasteiger partial charge in [-0.3, -0.25) is 9.59 Å². The number of nitrogens with two attached hydrogens (primary N) is 1. The highest BCUT2D eigenvalue weighted by atomic mass is 19.1. The molecule has 2 heterocycles. The monoisotopic (exact) mass is 448 g/mol. The maximum atomic E-state index is 13.7. The van der Waals surface area contributed by atoms with Crippen molar-refractivity contribution in [1.29, 1.82) is 0 Å². The Bertz CT molecular complexity index is 1330. The molecule has 0 saturated carbocycles. The zero-order chi connectivity index (χ0) is 23.8. The maximum absolute atomic E-state index is 13.7. The highest BCUT2D eigenvalue weighted by Crippen LogP contribution is 2.25. The van der Waals surface area contributed by atoms with E-state index < -0.39 is 29.0 Å². The van der Waals surface area contributed by atoms with Crippen molar-refractivity contribution in [2.75, 3.05) is 13.6 Å². The summed E-state index contributed by atoms with van der Waals surface area (Å²) < 4.78 is 27.4. The highest BCUT2D eigenvalue weighted by Gasteiger charge is 2.42. The molecule has 3 N–H and O–H groups in total. The van der Waals surface area contributed by atoms with Crippen LogP contribution in [0.15, 0.2) is 48.5 Å². The Labute approximate surface area is 187 Å². The van der Waals surface area contributed by atoms with Crippen molar-refractivity contribution in [1.82, 2.24) is 14.9 Å². The molecule has 1 aromatic heterocycles. The third-order valence-corrected chi connectivity index (χ3v) is 5.18. The molecule has 1 aliphatic rings. The van der Waals surface area contributed by atoms with Gasteiger partial charge in [0.15, 0.2) is 5.82 Å². The van der Waals surface area contributed by atoms with Crippen LogP contribution in [-0.4, -0.2) is 51.0 Å². The van der Waals surface area contributed by atoms with Crippen LogP contribution >= 0.6 is 0 Å². The molecule has 1 aliphatic heterocycles. The Kier molecular flexibility index (Phi) is 5.62. The number of primary amides is 1. The van der Waals surface area contributed by atoms with E-state index in [1.54, 1.807) is 31.3 Å². The number of benzene rings is 2. The lowest BCUT2D eigenvalue weighted by molar-refractivity contribution is -0.137. The fourth-order valence-electron chi connectivity index (χ4n) is 3.43. The average molecular weight is 448 g/mol. The summed E-state index contributed by atoms with van der Waals surface area (Å²) in [4.78, 5) is 33.8. The number of carbonyl (C=O) groups is 2. The zero-order valence-electron chi connectivity index (χ0n) is 17.5. The number of hydrogen-bond donors (Lipinski definition) is 2. The number of rotatable bonds is 3. The molecule has 2 aromatic carbocycles. The summed E-state index contributed by atoms with van der Waals surface area (Å²) >= 11 is 0. The number of halogens is 2. The minimum absolute atomic E-state index is 0.0880. The van der Waals surface area contributed by atoms with Gasteiger partial charge in [-0.1, -0.05) is 24.0 Å². The van der Waals surface area contributed by atoms with Gasteiger partial charge in [0.2, 0.25) is 5.60 Å². The van der Waals surface area contributed by atoms with Crippen LogP contribution in [0, 0.1) is 23.5 Å². The normalized spacial score (nSPS) is 17.6. The second-order valence-corrected chi connectivity index (χ2v) is 7.65. The fraction of sp³-hybridized carbons (Fsp3) is 0.167. The van der Waals surface area contributed by atoms with Gasteiger partial charge >= 0.3 is 0 Å². The molecule has 0 aliphatic carbocycles. The van der Waals surface area contributed by atoms with Gasteiger partial charge in [-0.2, -0.15) is 0 Å². The van der Waals surface area contributed by atoms with Gasteiger partial charge in [0.05, 0.1) is 5.69 Å².